The molecule has 1 saturated heterocycles. The summed E-state index contributed by atoms with van der Waals surface area (Å²) in [5.41, 5.74) is 2.32. The van der Waals surface area contributed by atoms with Crippen LogP contribution in [0.5, 0.6) is 5.75 Å². The molecular formula is C27H31ClN2O4. The first-order chi connectivity index (χ1) is 16.3. The standard InChI is InChI=1S/C27H31ClN2O4/c1-4-34-22-16-18(12-15-21(22)28)25(31)23-24(17-10-13-19(14-11-17)29(2)3)30(27(33)26(23)32)20-8-6-5-7-9-20/h10-16,20,24,31H,4-9H2,1-3H3/b25-23-. The molecule has 1 N–H and O–H groups in total. The number of ketones is 1. The van der Waals surface area contributed by atoms with E-state index in [1.54, 1.807) is 23.1 Å². The Morgan fingerprint density at radius 3 is 2.38 bits per heavy atom. The molecule has 1 unspecified atom stereocenters. The smallest absolute Gasteiger partial charge is 0.295 e. The summed E-state index contributed by atoms with van der Waals surface area (Å²) in [6, 6.07) is 12.0. The highest BCUT2D eigenvalue weighted by Gasteiger charge is 2.48. The van der Waals surface area contributed by atoms with Gasteiger partial charge in [0, 0.05) is 31.4 Å². The number of carbonyl (C=O) groups excluding carboxylic acids is 2. The summed E-state index contributed by atoms with van der Waals surface area (Å²) in [5.74, 6) is -0.996. The van der Waals surface area contributed by atoms with E-state index >= 15 is 0 Å². The maximum Gasteiger partial charge on any atom is 0.295 e. The number of hydrogen-bond donors (Lipinski definition) is 1. The monoisotopic (exact) mass is 482 g/mol. The van der Waals surface area contributed by atoms with E-state index in [2.05, 4.69) is 0 Å². The van der Waals surface area contributed by atoms with Crippen molar-refractivity contribution in [2.45, 2.75) is 51.1 Å². The fourth-order valence-electron chi connectivity index (χ4n) is 4.94. The number of aliphatic hydroxyl groups excluding tert-OH is 1. The number of nitrogens with zero attached hydrogens (tertiary/aromatic N) is 2. The number of amides is 1. The highest BCUT2D eigenvalue weighted by atomic mass is 35.5. The Kier molecular flexibility index (Phi) is 7.17. The summed E-state index contributed by atoms with van der Waals surface area (Å²) in [4.78, 5) is 30.3. The van der Waals surface area contributed by atoms with Gasteiger partial charge in [-0.2, -0.15) is 0 Å². The van der Waals surface area contributed by atoms with Crippen LogP contribution in [0.3, 0.4) is 0 Å². The molecule has 0 bridgehead atoms. The molecule has 0 aromatic heterocycles. The lowest BCUT2D eigenvalue weighted by molar-refractivity contribution is -0.141. The molecule has 1 atom stereocenters. The van der Waals surface area contributed by atoms with Gasteiger partial charge in [-0.15, -0.1) is 0 Å². The number of halogens is 1. The lowest BCUT2D eigenvalue weighted by atomic mass is 9.91. The third-order valence-electron chi connectivity index (χ3n) is 6.68. The van der Waals surface area contributed by atoms with E-state index in [-0.39, 0.29) is 17.4 Å². The van der Waals surface area contributed by atoms with Gasteiger partial charge < -0.3 is 19.6 Å². The zero-order valence-corrected chi connectivity index (χ0v) is 20.6. The first kappa shape index (κ1) is 24.1. The Hall–Kier alpha value is -2.99. The average molecular weight is 483 g/mol. The van der Waals surface area contributed by atoms with Crippen molar-refractivity contribution in [2.24, 2.45) is 0 Å². The van der Waals surface area contributed by atoms with Crippen molar-refractivity contribution in [1.82, 2.24) is 4.90 Å². The molecule has 6 nitrogen and oxygen atoms in total. The number of aliphatic hydroxyl groups is 1. The Balaban J connectivity index is 1.85. The molecule has 2 fully saturated rings. The van der Waals surface area contributed by atoms with E-state index in [9.17, 15) is 14.7 Å². The van der Waals surface area contributed by atoms with E-state index in [0.29, 0.717) is 22.9 Å². The van der Waals surface area contributed by atoms with E-state index in [4.69, 9.17) is 16.3 Å². The minimum absolute atomic E-state index is 0.0294. The van der Waals surface area contributed by atoms with Crippen LogP contribution in [-0.2, 0) is 9.59 Å². The first-order valence-corrected chi connectivity index (χ1v) is 12.2. The summed E-state index contributed by atoms with van der Waals surface area (Å²) < 4.78 is 5.57. The normalized spacial score (nSPS) is 20.6. The highest BCUT2D eigenvalue weighted by Crippen LogP contribution is 2.43. The van der Waals surface area contributed by atoms with Gasteiger partial charge in [0.05, 0.1) is 23.2 Å². The minimum atomic E-state index is -0.655. The third-order valence-corrected chi connectivity index (χ3v) is 6.99. The van der Waals surface area contributed by atoms with Crippen LogP contribution in [0.1, 0.15) is 56.2 Å². The molecule has 7 heteroatoms. The van der Waals surface area contributed by atoms with Gasteiger partial charge in [-0.05, 0) is 55.7 Å². The van der Waals surface area contributed by atoms with Crippen molar-refractivity contribution in [1.29, 1.82) is 0 Å². The van der Waals surface area contributed by atoms with Crippen LogP contribution in [0.2, 0.25) is 5.02 Å². The Morgan fingerprint density at radius 1 is 1.09 bits per heavy atom. The first-order valence-electron chi connectivity index (χ1n) is 11.8. The summed E-state index contributed by atoms with van der Waals surface area (Å²) >= 11 is 6.22. The van der Waals surface area contributed by atoms with Crippen molar-refractivity contribution in [3.05, 3.63) is 64.2 Å². The Bertz CT molecular complexity index is 1100. The van der Waals surface area contributed by atoms with Crippen LogP contribution < -0.4 is 9.64 Å². The van der Waals surface area contributed by atoms with Crippen LogP contribution >= 0.6 is 11.6 Å². The van der Waals surface area contributed by atoms with Gasteiger partial charge in [-0.1, -0.05) is 43.0 Å². The van der Waals surface area contributed by atoms with Gasteiger partial charge in [0.15, 0.2) is 0 Å². The zero-order valence-electron chi connectivity index (χ0n) is 19.9. The van der Waals surface area contributed by atoms with Gasteiger partial charge >= 0.3 is 0 Å². The van der Waals surface area contributed by atoms with Crippen molar-refractivity contribution in [3.63, 3.8) is 0 Å². The summed E-state index contributed by atoms with van der Waals surface area (Å²) in [6.07, 6.45) is 4.89. The molecule has 1 heterocycles. The van der Waals surface area contributed by atoms with Crippen LogP contribution in [-0.4, -0.2) is 48.4 Å². The average Bonchev–Trinajstić information content (AvgIpc) is 3.11. The SMILES string of the molecule is CCOc1cc(/C(O)=C2/C(=O)C(=O)N(C3CCCCC3)C2c2ccc(N(C)C)cc2)ccc1Cl. The van der Waals surface area contributed by atoms with Gasteiger partial charge in [0.25, 0.3) is 11.7 Å². The Morgan fingerprint density at radius 2 is 1.76 bits per heavy atom. The number of likely N-dealkylation sites (tertiary alicyclic amines) is 1. The van der Waals surface area contributed by atoms with Crippen molar-refractivity contribution < 1.29 is 19.4 Å². The number of Topliss-reactive ketones (excluding diaryl/α,β-unsaturated/α-hetero) is 1. The quantitative estimate of drug-likeness (QED) is 0.331. The maximum absolute atomic E-state index is 13.3. The number of hydrogen-bond acceptors (Lipinski definition) is 5. The highest BCUT2D eigenvalue weighted by molar-refractivity contribution is 6.46. The molecule has 0 radical (unpaired) electrons. The number of rotatable bonds is 6. The van der Waals surface area contributed by atoms with Gasteiger partial charge in [0.1, 0.15) is 11.5 Å². The second kappa shape index (κ2) is 10.1. The third kappa shape index (κ3) is 4.51. The van der Waals surface area contributed by atoms with Crippen LogP contribution in [0, 0.1) is 0 Å². The summed E-state index contributed by atoms with van der Waals surface area (Å²) in [5, 5.41) is 11.8. The topological polar surface area (TPSA) is 70.1 Å². The molecule has 1 saturated carbocycles. The molecule has 0 spiro atoms. The molecule has 34 heavy (non-hydrogen) atoms. The predicted octanol–water partition coefficient (Wildman–Crippen LogP) is 5.56. The van der Waals surface area contributed by atoms with Crippen molar-refractivity contribution >= 4 is 34.7 Å². The molecule has 1 aliphatic carbocycles. The van der Waals surface area contributed by atoms with Crippen LogP contribution in [0.25, 0.3) is 5.76 Å². The maximum atomic E-state index is 13.3. The molecule has 4 rings (SSSR count). The second-order valence-electron chi connectivity index (χ2n) is 9.06. The fraction of sp³-hybridized carbons (Fsp3) is 0.407. The number of benzene rings is 2. The van der Waals surface area contributed by atoms with E-state index in [1.165, 1.54) is 0 Å². The lowest BCUT2D eigenvalue weighted by Gasteiger charge is -2.35. The fourth-order valence-corrected chi connectivity index (χ4v) is 5.11. The molecular weight excluding hydrogens is 452 g/mol. The van der Waals surface area contributed by atoms with Crippen LogP contribution in [0.4, 0.5) is 5.69 Å². The van der Waals surface area contributed by atoms with E-state index in [0.717, 1.165) is 43.4 Å². The molecule has 2 aromatic carbocycles. The van der Waals surface area contributed by atoms with Gasteiger partial charge in [-0.3, -0.25) is 9.59 Å². The summed E-state index contributed by atoms with van der Waals surface area (Å²) in [6.45, 7) is 2.25. The summed E-state index contributed by atoms with van der Waals surface area (Å²) in [7, 11) is 3.92. The molecule has 1 aliphatic heterocycles. The predicted molar refractivity (Wildman–Crippen MR) is 134 cm³/mol. The number of ether oxygens (including phenoxy) is 1. The van der Waals surface area contributed by atoms with Crippen molar-refractivity contribution in [3.8, 4) is 5.75 Å². The minimum Gasteiger partial charge on any atom is -0.507 e. The van der Waals surface area contributed by atoms with Gasteiger partial charge in [0.2, 0.25) is 0 Å². The zero-order chi connectivity index (χ0) is 24.4. The lowest BCUT2D eigenvalue weighted by Crippen LogP contribution is -2.40. The number of carbonyl (C=O) groups is 2. The molecule has 1 amide bonds. The van der Waals surface area contributed by atoms with E-state index in [1.807, 2.05) is 50.2 Å². The number of anilines is 1. The van der Waals surface area contributed by atoms with Gasteiger partial charge in [-0.25, -0.2) is 0 Å². The van der Waals surface area contributed by atoms with Crippen molar-refractivity contribution in [2.75, 3.05) is 25.6 Å². The van der Waals surface area contributed by atoms with Crippen LogP contribution in [0.15, 0.2) is 48.0 Å². The Labute approximate surface area is 205 Å². The molecule has 2 aliphatic rings. The molecule has 180 valence electrons. The molecule has 2 aromatic rings. The largest absolute Gasteiger partial charge is 0.507 e. The van der Waals surface area contributed by atoms with E-state index < -0.39 is 17.7 Å². The second-order valence-corrected chi connectivity index (χ2v) is 9.47.